The lowest BCUT2D eigenvalue weighted by Crippen LogP contribution is -2.19. The summed E-state index contributed by atoms with van der Waals surface area (Å²) in [4.78, 5) is 26.9. The molecule has 0 spiro atoms. The predicted octanol–water partition coefficient (Wildman–Crippen LogP) is 5.90. The Morgan fingerprint density at radius 3 is 2.65 bits per heavy atom. The molecule has 2 heterocycles. The van der Waals surface area contributed by atoms with E-state index in [0.717, 1.165) is 55.4 Å². The van der Waals surface area contributed by atoms with E-state index in [1.807, 2.05) is 49.7 Å². The van der Waals surface area contributed by atoms with Crippen LogP contribution in [0.2, 0.25) is 0 Å². The van der Waals surface area contributed by atoms with Crippen molar-refractivity contribution in [3.63, 3.8) is 0 Å². The van der Waals surface area contributed by atoms with Crippen molar-refractivity contribution in [2.45, 2.75) is 70.6 Å². The number of carbonyl (C=O) groups excluding carboxylic acids is 2. The number of hydrogen-bond donors (Lipinski definition) is 1. The Bertz CT molecular complexity index is 1230. The number of thioether (sulfide) groups is 1. The SMILES string of the molecule is CCCCOc1ccc(-c2nnc(SCC(=O)Nc3sc4c(c3C(=O)OC(C)C)CCCC4)n2C)cc1. The van der Waals surface area contributed by atoms with Gasteiger partial charge in [-0.1, -0.05) is 25.1 Å². The molecule has 198 valence electrons. The van der Waals surface area contributed by atoms with Gasteiger partial charge in [-0.25, -0.2) is 4.79 Å². The van der Waals surface area contributed by atoms with E-state index in [-0.39, 0.29) is 23.7 Å². The number of hydrogen-bond acceptors (Lipinski definition) is 8. The van der Waals surface area contributed by atoms with E-state index in [4.69, 9.17) is 9.47 Å². The normalized spacial score (nSPS) is 12.9. The van der Waals surface area contributed by atoms with Gasteiger partial charge in [0.05, 0.1) is 24.0 Å². The highest BCUT2D eigenvalue weighted by Gasteiger charge is 2.28. The molecule has 1 amide bonds. The minimum Gasteiger partial charge on any atom is -0.494 e. The molecule has 1 aliphatic carbocycles. The highest BCUT2D eigenvalue weighted by molar-refractivity contribution is 7.99. The number of unbranched alkanes of at least 4 members (excludes halogenated alkanes) is 1. The van der Waals surface area contributed by atoms with E-state index < -0.39 is 0 Å². The molecular weight excluding hydrogens is 508 g/mol. The van der Waals surface area contributed by atoms with E-state index in [1.54, 1.807) is 0 Å². The third-order valence-electron chi connectivity index (χ3n) is 6.02. The van der Waals surface area contributed by atoms with E-state index in [0.29, 0.717) is 28.2 Å². The molecule has 4 rings (SSSR count). The molecule has 0 atom stereocenters. The minimum absolute atomic E-state index is 0.150. The van der Waals surface area contributed by atoms with Crippen LogP contribution in [0, 0.1) is 0 Å². The first-order valence-electron chi connectivity index (χ1n) is 12.8. The zero-order valence-corrected chi connectivity index (χ0v) is 23.5. The smallest absolute Gasteiger partial charge is 0.341 e. The fourth-order valence-electron chi connectivity index (χ4n) is 4.16. The number of amides is 1. The summed E-state index contributed by atoms with van der Waals surface area (Å²) in [6.45, 7) is 6.50. The molecule has 1 aliphatic rings. The Hall–Kier alpha value is -2.85. The van der Waals surface area contributed by atoms with Gasteiger partial charge in [-0.2, -0.15) is 0 Å². The van der Waals surface area contributed by atoms with Crippen LogP contribution in [0.4, 0.5) is 5.00 Å². The van der Waals surface area contributed by atoms with Crippen LogP contribution in [0.15, 0.2) is 29.4 Å². The zero-order chi connectivity index (χ0) is 26.4. The van der Waals surface area contributed by atoms with Crippen LogP contribution >= 0.6 is 23.1 Å². The maximum absolute atomic E-state index is 12.9. The van der Waals surface area contributed by atoms with Crippen molar-refractivity contribution in [1.29, 1.82) is 0 Å². The summed E-state index contributed by atoms with van der Waals surface area (Å²) < 4.78 is 13.1. The van der Waals surface area contributed by atoms with Gasteiger partial charge in [0, 0.05) is 17.5 Å². The summed E-state index contributed by atoms with van der Waals surface area (Å²) >= 11 is 2.80. The van der Waals surface area contributed by atoms with Gasteiger partial charge in [0.1, 0.15) is 10.8 Å². The average Bonchev–Trinajstić information content (AvgIpc) is 3.42. The summed E-state index contributed by atoms with van der Waals surface area (Å²) in [5.74, 6) is 1.14. The monoisotopic (exact) mass is 542 g/mol. The summed E-state index contributed by atoms with van der Waals surface area (Å²) in [5.41, 5.74) is 2.48. The lowest BCUT2D eigenvalue weighted by Gasteiger charge is -2.14. The fraction of sp³-hybridized carbons (Fsp3) is 0.481. The number of fused-ring (bicyclic) bond motifs is 1. The number of ether oxygens (including phenoxy) is 2. The second-order valence-electron chi connectivity index (χ2n) is 9.30. The minimum atomic E-state index is -0.364. The van der Waals surface area contributed by atoms with Crippen molar-refractivity contribution < 1.29 is 19.1 Å². The highest BCUT2D eigenvalue weighted by atomic mass is 32.2. The first-order valence-corrected chi connectivity index (χ1v) is 14.6. The van der Waals surface area contributed by atoms with Crippen molar-refractivity contribution in [2.75, 3.05) is 17.7 Å². The van der Waals surface area contributed by atoms with Crippen LogP contribution in [0.3, 0.4) is 0 Å². The van der Waals surface area contributed by atoms with Gasteiger partial charge in [0.15, 0.2) is 11.0 Å². The molecule has 8 nitrogen and oxygen atoms in total. The van der Waals surface area contributed by atoms with E-state index >= 15 is 0 Å². The maximum Gasteiger partial charge on any atom is 0.341 e. The number of rotatable bonds is 11. The Labute approximate surface area is 226 Å². The largest absolute Gasteiger partial charge is 0.494 e. The molecule has 0 saturated heterocycles. The Balaban J connectivity index is 1.40. The van der Waals surface area contributed by atoms with E-state index in [1.165, 1.54) is 28.0 Å². The fourth-order valence-corrected chi connectivity index (χ4v) is 6.17. The number of benzene rings is 1. The van der Waals surface area contributed by atoms with Crippen molar-refractivity contribution in [3.05, 3.63) is 40.3 Å². The van der Waals surface area contributed by atoms with Gasteiger partial charge >= 0.3 is 5.97 Å². The molecule has 0 bridgehead atoms. The Morgan fingerprint density at radius 1 is 1.16 bits per heavy atom. The van der Waals surface area contributed by atoms with Crippen molar-refractivity contribution >= 4 is 40.0 Å². The first kappa shape index (κ1) is 27.2. The van der Waals surface area contributed by atoms with Crippen LogP contribution in [-0.2, 0) is 29.4 Å². The zero-order valence-electron chi connectivity index (χ0n) is 21.8. The molecule has 2 aromatic heterocycles. The number of aromatic nitrogens is 3. The molecule has 0 fully saturated rings. The summed E-state index contributed by atoms with van der Waals surface area (Å²) in [6, 6.07) is 7.79. The standard InChI is InChI=1S/C27H34N4O4S2/c1-5-6-15-34-19-13-11-18(12-14-19)24-29-30-27(31(24)4)36-16-22(32)28-25-23(26(33)35-17(2)3)20-9-7-8-10-21(20)37-25/h11-14,17H,5-10,15-16H2,1-4H3,(H,28,32). The van der Waals surface area contributed by atoms with Gasteiger partial charge in [0.25, 0.3) is 0 Å². The third-order valence-corrected chi connectivity index (χ3v) is 8.24. The van der Waals surface area contributed by atoms with Crippen molar-refractivity contribution in [2.24, 2.45) is 7.05 Å². The van der Waals surface area contributed by atoms with Gasteiger partial charge in [-0.05, 0) is 75.8 Å². The lowest BCUT2D eigenvalue weighted by atomic mass is 9.95. The molecule has 1 N–H and O–H groups in total. The third kappa shape index (κ3) is 6.73. The lowest BCUT2D eigenvalue weighted by molar-refractivity contribution is -0.113. The average molecular weight is 543 g/mol. The number of aryl methyl sites for hydroxylation is 1. The molecule has 0 aliphatic heterocycles. The maximum atomic E-state index is 12.9. The quantitative estimate of drug-likeness (QED) is 0.183. The van der Waals surface area contributed by atoms with Crippen LogP contribution in [0.5, 0.6) is 5.75 Å². The van der Waals surface area contributed by atoms with Gasteiger partial charge in [-0.15, -0.1) is 21.5 Å². The summed E-state index contributed by atoms with van der Waals surface area (Å²) in [6.07, 6.45) is 5.80. The molecule has 0 saturated carbocycles. The number of nitrogens with zero attached hydrogens (tertiary/aromatic N) is 3. The molecule has 0 radical (unpaired) electrons. The number of anilines is 1. The van der Waals surface area contributed by atoms with Gasteiger partial charge in [-0.3, -0.25) is 4.79 Å². The van der Waals surface area contributed by atoms with E-state index in [2.05, 4.69) is 22.4 Å². The number of nitrogens with one attached hydrogen (secondary N) is 1. The molecule has 1 aromatic carbocycles. The van der Waals surface area contributed by atoms with E-state index in [9.17, 15) is 9.59 Å². The molecule has 37 heavy (non-hydrogen) atoms. The molecule has 0 unspecified atom stereocenters. The Kier molecular flexibility index (Phi) is 9.26. The molecule has 3 aromatic rings. The second kappa shape index (κ2) is 12.6. The van der Waals surface area contributed by atoms with Crippen LogP contribution < -0.4 is 10.1 Å². The number of thiophene rings is 1. The molecular formula is C27H34N4O4S2. The second-order valence-corrected chi connectivity index (χ2v) is 11.3. The summed E-state index contributed by atoms with van der Waals surface area (Å²) in [5, 5.41) is 12.8. The first-order chi connectivity index (χ1) is 17.9. The predicted molar refractivity (Wildman–Crippen MR) is 148 cm³/mol. The van der Waals surface area contributed by atoms with Gasteiger partial charge < -0.3 is 19.4 Å². The van der Waals surface area contributed by atoms with Crippen LogP contribution in [-0.4, -0.2) is 45.1 Å². The van der Waals surface area contributed by atoms with Crippen molar-refractivity contribution in [3.8, 4) is 17.1 Å². The topological polar surface area (TPSA) is 95.3 Å². The number of esters is 1. The van der Waals surface area contributed by atoms with Crippen LogP contribution in [0.25, 0.3) is 11.4 Å². The summed E-state index contributed by atoms with van der Waals surface area (Å²) in [7, 11) is 1.88. The van der Waals surface area contributed by atoms with Crippen molar-refractivity contribution in [1.82, 2.24) is 14.8 Å². The van der Waals surface area contributed by atoms with Crippen LogP contribution in [0.1, 0.15) is 67.3 Å². The number of carbonyl (C=O) groups is 2. The van der Waals surface area contributed by atoms with Gasteiger partial charge in [0.2, 0.25) is 5.91 Å². The highest BCUT2D eigenvalue weighted by Crippen LogP contribution is 2.39. The molecule has 10 heteroatoms. The Morgan fingerprint density at radius 2 is 1.92 bits per heavy atom.